The Morgan fingerprint density at radius 1 is 1.27 bits per heavy atom. The highest BCUT2D eigenvalue weighted by Gasteiger charge is 2.31. The molecule has 0 aromatic rings. The minimum absolute atomic E-state index is 0.0712. The van der Waals surface area contributed by atoms with Gasteiger partial charge in [-0.05, 0) is 32.1 Å². The summed E-state index contributed by atoms with van der Waals surface area (Å²) in [5.74, 6) is -0.359. The summed E-state index contributed by atoms with van der Waals surface area (Å²) in [6.45, 7) is 0. The maximum Gasteiger partial charge on any atom is 0.307 e. The average molecular weight is 208 g/mol. The van der Waals surface area contributed by atoms with Gasteiger partial charge < -0.3 is 5.11 Å². The Labute approximate surface area is 89.2 Å². The Bertz CT molecular complexity index is 328. The monoisotopic (exact) mass is 208 g/mol. The fourth-order valence-electron chi connectivity index (χ4n) is 2.82. The van der Waals surface area contributed by atoms with E-state index in [9.17, 15) is 9.59 Å². The summed E-state index contributed by atoms with van der Waals surface area (Å²) in [7, 11) is 0. The van der Waals surface area contributed by atoms with Gasteiger partial charge in [-0.25, -0.2) is 0 Å². The minimum atomic E-state index is -0.766. The first-order valence-corrected chi connectivity index (χ1v) is 5.64. The third kappa shape index (κ3) is 2.11. The molecule has 2 aliphatic rings. The van der Waals surface area contributed by atoms with Crippen LogP contribution in [-0.2, 0) is 9.59 Å². The molecule has 0 saturated heterocycles. The molecule has 82 valence electrons. The molecule has 2 aliphatic carbocycles. The van der Waals surface area contributed by atoms with Crippen LogP contribution in [0.1, 0.15) is 44.9 Å². The van der Waals surface area contributed by atoms with Gasteiger partial charge in [-0.2, -0.15) is 0 Å². The second kappa shape index (κ2) is 4.17. The molecule has 2 rings (SSSR count). The number of hydrogen-bond acceptors (Lipinski definition) is 2. The van der Waals surface area contributed by atoms with Crippen LogP contribution in [0.15, 0.2) is 11.1 Å². The predicted octanol–water partition coefficient (Wildman–Crippen LogP) is 2.31. The SMILES string of the molecule is O=C(O)CC1=C2CCCC2C(=O)CCC1. The normalized spacial score (nSPS) is 26.4. The standard InChI is InChI=1S/C12H16O3/c13-11-6-1-3-8(7-12(14)15)9-4-2-5-10(9)11/h10H,1-7H2,(H,14,15). The van der Waals surface area contributed by atoms with Crippen molar-refractivity contribution in [3.63, 3.8) is 0 Å². The molecule has 0 radical (unpaired) electrons. The molecule has 1 unspecified atom stereocenters. The van der Waals surface area contributed by atoms with Gasteiger partial charge in [0.15, 0.2) is 0 Å². The molecule has 1 fully saturated rings. The lowest BCUT2D eigenvalue weighted by Crippen LogP contribution is -2.11. The number of Topliss-reactive ketones (excluding diaryl/α,β-unsaturated/α-hetero) is 1. The van der Waals surface area contributed by atoms with Gasteiger partial charge in [0.2, 0.25) is 0 Å². The van der Waals surface area contributed by atoms with Crippen molar-refractivity contribution in [2.45, 2.75) is 44.9 Å². The van der Waals surface area contributed by atoms with E-state index in [2.05, 4.69) is 0 Å². The first-order chi connectivity index (χ1) is 7.18. The van der Waals surface area contributed by atoms with Gasteiger partial charge in [-0.15, -0.1) is 0 Å². The molecule has 0 heterocycles. The van der Waals surface area contributed by atoms with Crippen molar-refractivity contribution >= 4 is 11.8 Å². The minimum Gasteiger partial charge on any atom is -0.481 e. The predicted molar refractivity (Wildman–Crippen MR) is 55.5 cm³/mol. The van der Waals surface area contributed by atoms with Gasteiger partial charge in [0.1, 0.15) is 5.78 Å². The van der Waals surface area contributed by atoms with Gasteiger partial charge >= 0.3 is 5.97 Å². The lowest BCUT2D eigenvalue weighted by Gasteiger charge is -2.10. The topological polar surface area (TPSA) is 54.4 Å². The highest BCUT2D eigenvalue weighted by atomic mass is 16.4. The molecule has 3 nitrogen and oxygen atoms in total. The van der Waals surface area contributed by atoms with Crippen LogP contribution in [0, 0.1) is 5.92 Å². The first-order valence-electron chi connectivity index (χ1n) is 5.64. The van der Waals surface area contributed by atoms with E-state index in [-0.39, 0.29) is 12.3 Å². The zero-order valence-electron chi connectivity index (χ0n) is 8.79. The van der Waals surface area contributed by atoms with Crippen LogP contribution >= 0.6 is 0 Å². The van der Waals surface area contributed by atoms with E-state index in [1.165, 1.54) is 5.57 Å². The number of allylic oxidation sites excluding steroid dienone is 1. The van der Waals surface area contributed by atoms with Crippen LogP contribution in [0.25, 0.3) is 0 Å². The molecule has 1 atom stereocenters. The molecule has 3 heteroatoms. The van der Waals surface area contributed by atoms with Crippen molar-refractivity contribution in [1.82, 2.24) is 0 Å². The summed E-state index contributed by atoms with van der Waals surface area (Å²) >= 11 is 0. The maximum atomic E-state index is 11.7. The number of fused-ring (bicyclic) bond motifs is 1. The Balaban J connectivity index is 2.27. The fourth-order valence-corrected chi connectivity index (χ4v) is 2.82. The van der Waals surface area contributed by atoms with E-state index in [0.29, 0.717) is 12.2 Å². The van der Waals surface area contributed by atoms with E-state index in [1.54, 1.807) is 0 Å². The van der Waals surface area contributed by atoms with Crippen LogP contribution in [0.3, 0.4) is 0 Å². The van der Waals surface area contributed by atoms with Crippen molar-refractivity contribution in [2.75, 3.05) is 0 Å². The number of hydrogen-bond donors (Lipinski definition) is 1. The van der Waals surface area contributed by atoms with Crippen molar-refractivity contribution in [3.8, 4) is 0 Å². The third-order valence-corrected chi connectivity index (χ3v) is 3.47. The van der Waals surface area contributed by atoms with Gasteiger partial charge in [0.25, 0.3) is 0 Å². The Morgan fingerprint density at radius 3 is 2.80 bits per heavy atom. The average Bonchev–Trinajstić information content (AvgIpc) is 2.59. The molecular formula is C12H16O3. The molecule has 0 aliphatic heterocycles. The number of rotatable bonds is 2. The molecule has 0 bridgehead atoms. The van der Waals surface area contributed by atoms with Gasteiger partial charge in [0.05, 0.1) is 6.42 Å². The van der Waals surface area contributed by atoms with E-state index in [4.69, 9.17) is 5.11 Å². The van der Waals surface area contributed by atoms with E-state index < -0.39 is 5.97 Å². The van der Waals surface area contributed by atoms with Crippen molar-refractivity contribution in [1.29, 1.82) is 0 Å². The largest absolute Gasteiger partial charge is 0.481 e. The molecular weight excluding hydrogens is 192 g/mol. The Hall–Kier alpha value is -1.12. The van der Waals surface area contributed by atoms with Gasteiger partial charge in [0, 0.05) is 12.3 Å². The van der Waals surface area contributed by atoms with Gasteiger partial charge in [-0.3, -0.25) is 9.59 Å². The van der Waals surface area contributed by atoms with Crippen molar-refractivity contribution in [2.24, 2.45) is 5.92 Å². The summed E-state index contributed by atoms with van der Waals surface area (Å²) in [5.41, 5.74) is 2.20. The number of carboxylic acid groups (broad SMARTS) is 1. The van der Waals surface area contributed by atoms with E-state index in [1.807, 2.05) is 0 Å². The zero-order chi connectivity index (χ0) is 10.8. The highest BCUT2D eigenvalue weighted by molar-refractivity contribution is 5.85. The number of carboxylic acids is 1. The summed E-state index contributed by atoms with van der Waals surface area (Å²) in [6, 6.07) is 0. The summed E-state index contributed by atoms with van der Waals surface area (Å²) < 4.78 is 0. The zero-order valence-corrected chi connectivity index (χ0v) is 8.79. The molecule has 1 saturated carbocycles. The maximum absolute atomic E-state index is 11.7. The summed E-state index contributed by atoms with van der Waals surface area (Å²) in [4.78, 5) is 22.5. The van der Waals surface area contributed by atoms with Crippen LogP contribution in [0.4, 0.5) is 0 Å². The van der Waals surface area contributed by atoms with Crippen molar-refractivity contribution in [3.05, 3.63) is 11.1 Å². The van der Waals surface area contributed by atoms with Crippen LogP contribution < -0.4 is 0 Å². The lowest BCUT2D eigenvalue weighted by atomic mass is 9.93. The number of ketones is 1. The third-order valence-electron chi connectivity index (χ3n) is 3.47. The number of carbonyl (C=O) groups is 2. The smallest absolute Gasteiger partial charge is 0.307 e. The Kier molecular flexibility index (Phi) is 2.89. The van der Waals surface area contributed by atoms with E-state index in [0.717, 1.165) is 37.7 Å². The van der Waals surface area contributed by atoms with Crippen LogP contribution in [-0.4, -0.2) is 16.9 Å². The molecule has 0 amide bonds. The number of aliphatic carboxylic acids is 1. The fraction of sp³-hybridized carbons (Fsp3) is 0.667. The second-order valence-corrected chi connectivity index (χ2v) is 4.46. The van der Waals surface area contributed by atoms with Crippen LogP contribution in [0.5, 0.6) is 0 Å². The summed E-state index contributed by atoms with van der Waals surface area (Å²) in [6.07, 6.45) is 5.35. The second-order valence-electron chi connectivity index (χ2n) is 4.46. The van der Waals surface area contributed by atoms with Crippen molar-refractivity contribution < 1.29 is 14.7 Å². The first kappa shape index (κ1) is 10.4. The molecule has 15 heavy (non-hydrogen) atoms. The molecule has 0 spiro atoms. The molecule has 0 aromatic carbocycles. The van der Waals surface area contributed by atoms with Crippen LogP contribution in [0.2, 0.25) is 0 Å². The highest BCUT2D eigenvalue weighted by Crippen LogP contribution is 2.39. The lowest BCUT2D eigenvalue weighted by molar-refractivity contribution is -0.136. The van der Waals surface area contributed by atoms with E-state index >= 15 is 0 Å². The molecule has 0 aromatic heterocycles. The summed E-state index contributed by atoms with van der Waals surface area (Å²) in [5, 5.41) is 8.82. The Morgan fingerprint density at radius 2 is 2.07 bits per heavy atom. The molecule has 1 N–H and O–H groups in total. The van der Waals surface area contributed by atoms with Gasteiger partial charge in [-0.1, -0.05) is 11.1 Å². The quantitative estimate of drug-likeness (QED) is 0.708. The number of carbonyl (C=O) groups excluding carboxylic acids is 1.